The van der Waals surface area contributed by atoms with Gasteiger partial charge in [-0.15, -0.1) is 0 Å². The number of nitrogens with zero attached hydrogens (tertiary/aromatic N) is 3. The van der Waals surface area contributed by atoms with Crippen LogP contribution in [0.2, 0.25) is 0 Å². The molecule has 1 atom stereocenters. The largest absolute Gasteiger partial charge is 0.340 e. The first-order valence-electron chi connectivity index (χ1n) is 15.8. The second-order valence-electron chi connectivity index (χ2n) is 11.6. The fourth-order valence-corrected chi connectivity index (χ4v) is 6.39. The Balaban J connectivity index is 1.13. The molecule has 1 saturated heterocycles. The number of nitrogens with one attached hydrogen (secondary N) is 1. The number of hydrogen-bond acceptors (Lipinski definition) is 3. The van der Waals surface area contributed by atoms with Crippen molar-refractivity contribution in [2.24, 2.45) is 0 Å². The van der Waals surface area contributed by atoms with Crippen molar-refractivity contribution < 1.29 is 9.59 Å². The summed E-state index contributed by atoms with van der Waals surface area (Å²) in [6, 6.07) is 44.8. The molecule has 0 saturated carbocycles. The van der Waals surface area contributed by atoms with E-state index in [1.165, 1.54) is 11.1 Å². The van der Waals surface area contributed by atoms with E-state index in [4.69, 9.17) is 0 Å². The Hall–Kier alpha value is -4.94. The van der Waals surface area contributed by atoms with Gasteiger partial charge in [-0.25, -0.2) is 4.79 Å². The summed E-state index contributed by atoms with van der Waals surface area (Å²) < 4.78 is 0. The number of urea groups is 1. The fraction of sp³-hybridized carbons (Fsp3) is 0.231. The minimum Gasteiger partial charge on any atom is -0.340 e. The van der Waals surface area contributed by atoms with Crippen molar-refractivity contribution in [3.63, 3.8) is 0 Å². The van der Waals surface area contributed by atoms with Gasteiger partial charge < -0.3 is 15.1 Å². The summed E-state index contributed by atoms with van der Waals surface area (Å²) in [4.78, 5) is 33.6. The topological polar surface area (TPSA) is 55.9 Å². The van der Waals surface area contributed by atoms with E-state index in [1.54, 1.807) is 4.90 Å². The van der Waals surface area contributed by atoms with Crippen molar-refractivity contribution in [3.8, 4) is 0 Å². The van der Waals surface area contributed by atoms with E-state index in [2.05, 4.69) is 58.7 Å². The van der Waals surface area contributed by atoms with Crippen LogP contribution in [0.15, 0.2) is 133 Å². The number of piperazine rings is 1. The molecule has 6 heteroatoms. The number of carbonyl (C=O) groups excluding carboxylic acids is 2. The van der Waals surface area contributed by atoms with Crippen molar-refractivity contribution in [1.29, 1.82) is 0 Å². The normalized spacial score (nSPS) is 14.3. The molecular formula is C39H40N4O2. The van der Waals surface area contributed by atoms with Crippen LogP contribution in [0, 0.1) is 0 Å². The highest BCUT2D eigenvalue weighted by Crippen LogP contribution is 2.30. The first-order valence-corrected chi connectivity index (χ1v) is 15.8. The summed E-state index contributed by atoms with van der Waals surface area (Å²) in [5.74, 6) is 0.0776. The Labute approximate surface area is 265 Å². The van der Waals surface area contributed by atoms with Crippen molar-refractivity contribution in [2.75, 3.05) is 38.0 Å². The van der Waals surface area contributed by atoms with E-state index in [0.29, 0.717) is 19.6 Å². The first kappa shape index (κ1) is 30.1. The average molecular weight is 597 g/mol. The lowest BCUT2D eigenvalue weighted by Gasteiger charge is -2.40. The molecule has 1 fully saturated rings. The van der Waals surface area contributed by atoms with E-state index in [0.717, 1.165) is 35.1 Å². The predicted molar refractivity (Wildman–Crippen MR) is 182 cm³/mol. The molecule has 0 spiro atoms. The Morgan fingerprint density at radius 3 is 1.82 bits per heavy atom. The van der Waals surface area contributed by atoms with Crippen LogP contribution in [-0.2, 0) is 4.79 Å². The smallest absolute Gasteiger partial charge is 0.322 e. The third-order valence-electron chi connectivity index (χ3n) is 8.87. The van der Waals surface area contributed by atoms with Crippen molar-refractivity contribution in [3.05, 3.63) is 150 Å². The number of amides is 3. The molecule has 1 N–H and O–H groups in total. The number of anilines is 1. The van der Waals surface area contributed by atoms with E-state index in [9.17, 15) is 9.59 Å². The van der Waals surface area contributed by atoms with Gasteiger partial charge in [0.25, 0.3) is 0 Å². The predicted octanol–water partition coefficient (Wildman–Crippen LogP) is 7.76. The number of fused-ring (bicyclic) bond motifs is 1. The zero-order chi connectivity index (χ0) is 31.0. The summed E-state index contributed by atoms with van der Waals surface area (Å²) in [5.41, 5.74) is 4.30. The fourth-order valence-electron chi connectivity index (χ4n) is 6.39. The third-order valence-corrected chi connectivity index (χ3v) is 8.87. The van der Waals surface area contributed by atoms with E-state index in [1.807, 2.05) is 96.8 Å². The molecular weight excluding hydrogens is 556 g/mol. The van der Waals surface area contributed by atoms with Gasteiger partial charge in [-0.2, -0.15) is 0 Å². The van der Waals surface area contributed by atoms with Gasteiger partial charge in [0.05, 0.1) is 17.8 Å². The average Bonchev–Trinajstić information content (AvgIpc) is 3.10. The summed E-state index contributed by atoms with van der Waals surface area (Å²) in [6.07, 6.45) is 0.265. The molecule has 6 rings (SSSR count). The quantitative estimate of drug-likeness (QED) is 0.189. The number of carbonyl (C=O) groups is 2. The van der Waals surface area contributed by atoms with Crippen LogP contribution in [0.3, 0.4) is 0 Å². The van der Waals surface area contributed by atoms with Gasteiger partial charge in [0.2, 0.25) is 5.91 Å². The zero-order valence-electron chi connectivity index (χ0n) is 25.8. The highest BCUT2D eigenvalue weighted by atomic mass is 16.2. The molecule has 1 aliphatic rings. The van der Waals surface area contributed by atoms with Crippen LogP contribution >= 0.6 is 0 Å². The van der Waals surface area contributed by atoms with E-state index >= 15 is 0 Å². The zero-order valence-corrected chi connectivity index (χ0v) is 25.8. The van der Waals surface area contributed by atoms with Crippen molar-refractivity contribution in [2.45, 2.75) is 25.4 Å². The first-order chi connectivity index (χ1) is 22.1. The minimum absolute atomic E-state index is 0.0776. The van der Waals surface area contributed by atoms with Crippen LogP contribution in [0.25, 0.3) is 10.8 Å². The Bertz CT molecular complexity index is 1660. The second-order valence-corrected chi connectivity index (χ2v) is 11.6. The summed E-state index contributed by atoms with van der Waals surface area (Å²) in [7, 11) is 0. The van der Waals surface area contributed by atoms with E-state index < -0.39 is 0 Å². The van der Waals surface area contributed by atoms with Gasteiger partial charge in [-0.3, -0.25) is 9.69 Å². The Kier molecular flexibility index (Phi) is 9.52. The molecule has 3 amide bonds. The monoisotopic (exact) mass is 596 g/mol. The Morgan fingerprint density at radius 2 is 1.20 bits per heavy atom. The van der Waals surface area contributed by atoms with Crippen molar-refractivity contribution in [1.82, 2.24) is 14.7 Å². The maximum atomic E-state index is 13.8. The molecule has 1 unspecified atom stereocenters. The lowest BCUT2D eigenvalue weighted by Crippen LogP contribution is -2.50. The van der Waals surface area contributed by atoms with E-state index in [-0.39, 0.29) is 30.4 Å². The van der Waals surface area contributed by atoms with Crippen LogP contribution in [0.1, 0.15) is 42.1 Å². The van der Waals surface area contributed by atoms with Gasteiger partial charge in [-0.1, -0.05) is 127 Å². The maximum absolute atomic E-state index is 13.8. The molecule has 45 heavy (non-hydrogen) atoms. The Morgan fingerprint density at radius 1 is 0.667 bits per heavy atom. The van der Waals surface area contributed by atoms with Gasteiger partial charge in [-0.05, 0) is 35.1 Å². The molecule has 5 aromatic carbocycles. The molecule has 0 aliphatic carbocycles. The third kappa shape index (κ3) is 7.08. The standard InChI is InChI=1S/C39H40N4O2/c1-30(31-14-5-2-6-15-31)43(39(45)40-36-23-13-21-32-16-11-12-22-35(32)36)25-24-37(44)41-26-28-42(29-27-41)38(33-17-7-3-8-18-33)34-19-9-4-10-20-34/h2-23,30,38H,24-29H2,1H3,(H,40,45). The van der Waals surface area contributed by atoms with Gasteiger partial charge in [0.1, 0.15) is 0 Å². The molecule has 0 radical (unpaired) electrons. The van der Waals surface area contributed by atoms with Crippen molar-refractivity contribution >= 4 is 28.4 Å². The second kappa shape index (κ2) is 14.2. The maximum Gasteiger partial charge on any atom is 0.322 e. The molecule has 1 heterocycles. The van der Waals surface area contributed by atoms with Crippen LogP contribution in [0.4, 0.5) is 10.5 Å². The van der Waals surface area contributed by atoms with Gasteiger partial charge in [0, 0.05) is 44.5 Å². The molecule has 6 nitrogen and oxygen atoms in total. The van der Waals surface area contributed by atoms with Crippen LogP contribution in [0.5, 0.6) is 0 Å². The number of benzene rings is 5. The minimum atomic E-state index is -0.214. The summed E-state index contributed by atoms with van der Waals surface area (Å²) in [6.45, 7) is 5.23. The van der Waals surface area contributed by atoms with Crippen LogP contribution in [-0.4, -0.2) is 59.4 Å². The van der Waals surface area contributed by atoms with Crippen LogP contribution < -0.4 is 5.32 Å². The summed E-state index contributed by atoms with van der Waals surface area (Å²) >= 11 is 0. The lowest BCUT2D eigenvalue weighted by atomic mass is 9.96. The summed E-state index contributed by atoms with van der Waals surface area (Å²) in [5, 5.41) is 5.19. The van der Waals surface area contributed by atoms with Gasteiger partial charge >= 0.3 is 6.03 Å². The molecule has 228 valence electrons. The molecule has 5 aromatic rings. The number of hydrogen-bond donors (Lipinski definition) is 1. The molecule has 0 bridgehead atoms. The highest BCUT2D eigenvalue weighted by molar-refractivity contribution is 6.01. The molecule has 0 aromatic heterocycles. The lowest BCUT2D eigenvalue weighted by molar-refractivity contribution is -0.133. The number of rotatable bonds is 9. The van der Waals surface area contributed by atoms with Gasteiger partial charge in [0.15, 0.2) is 0 Å². The highest BCUT2D eigenvalue weighted by Gasteiger charge is 2.29. The SMILES string of the molecule is CC(c1ccccc1)N(CCC(=O)N1CCN(C(c2ccccc2)c2ccccc2)CC1)C(=O)Nc1cccc2ccccc12. The molecule has 1 aliphatic heterocycles.